The zero-order valence-electron chi connectivity index (χ0n) is 10.3. The summed E-state index contributed by atoms with van der Waals surface area (Å²) >= 11 is 0. The van der Waals surface area contributed by atoms with Gasteiger partial charge >= 0.3 is 0 Å². The molecule has 1 aromatic rings. The molecule has 3 nitrogen and oxygen atoms in total. The first kappa shape index (κ1) is 11.2. The zero-order chi connectivity index (χ0) is 11.5. The van der Waals surface area contributed by atoms with E-state index in [0.717, 1.165) is 17.2 Å². The minimum Gasteiger partial charge on any atom is -0.480 e. The van der Waals surface area contributed by atoms with Crippen LogP contribution in [-0.2, 0) is 0 Å². The standard InChI is InChI=1S/C13H20N2O/c1-9-7-12(13(16-3)14-8-9)15-11-6-4-5-10(11)2/h7-8,10-11,15H,4-6H2,1-3H3. The number of nitrogens with zero attached hydrogens (tertiary/aromatic N) is 1. The van der Waals surface area contributed by atoms with Crippen LogP contribution in [0.1, 0.15) is 31.7 Å². The maximum Gasteiger partial charge on any atom is 0.237 e. The Labute approximate surface area is 97.2 Å². The van der Waals surface area contributed by atoms with Crippen LogP contribution < -0.4 is 10.1 Å². The van der Waals surface area contributed by atoms with Crippen LogP contribution in [0.4, 0.5) is 5.69 Å². The Bertz CT molecular complexity index is 365. The van der Waals surface area contributed by atoms with Crippen LogP contribution in [0.5, 0.6) is 5.88 Å². The number of pyridine rings is 1. The van der Waals surface area contributed by atoms with Gasteiger partial charge in [0.25, 0.3) is 0 Å². The van der Waals surface area contributed by atoms with Gasteiger partial charge in [-0.2, -0.15) is 0 Å². The number of aromatic nitrogens is 1. The Balaban J connectivity index is 2.16. The Hall–Kier alpha value is -1.25. The maximum atomic E-state index is 5.27. The minimum atomic E-state index is 0.567. The van der Waals surface area contributed by atoms with E-state index in [1.165, 1.54) is 19.3 Å². The summed E-state index contributed by atoms with van der Waals surface area (Å²) in [6, 6.07) is 2.68. The molecule has 1 fully saturated rings. The van der Waals surface area contributed by atoms with Crippen LogP contribution in [-0.4, -0.2) is 18.1 Å². The highest BCUT2D eigenvalue weighted by atomic mass is 16.5. The predicted octanol–water partition coefficient (Wildman–Crippen LogP) is 3.00. The fourth-order valence-corrected chi connectivity index (χ4v) is 2.38. The third-order valence-corrected chi connectivity index (χ3v) is 3.38. The highest BCUT2D eigenvalue weighted by Gasteiger charge is 2.24. The van der Waals surface area contributed by atoms with Crippen molar-refractivity contribution in [3.8, 4) is 5.88 Å². The summed E-state index contributed by atoms with van der Waals surface area (Å²) in [6.45, 7) is 4.36. The molecule has 0 aliphatic heterocycles. The number of methoxy groups -OCH3 is 1. The molecule has 2 rings (SSSR count). The van der Waals surface area contributed by atoms with Crippen molar-refractivity contribution < 1.29 is 4.74 Å². The zero-order valence-corrected chi connectivity index (χ0v) is 10.3. The molecule has 0 aromatic carbocycles. The van der Waals surface area contributed by atoms with Gasteiger partial charge in [-0.15, -0.1) is 0 Å². The van der Waals surface area contributed by atoms with E-state index in [9.17, 15) is 0 Å². The van der Waals surface area contributed by atoms with Crippen molar-refractivity contribution in [1.29, 1.82) is 0 Å². The largest absolute Gasteiger partial charge is 0.480 e. The molecule has 3 heteroatoms. The summed E-state index contributed by atoms with van der Waals surface area (Å²) in [5.41, 5.74) is 2.19. The number of aryl methyl sites for hydroxylation is 1. The normalized spacial score (nSPS) is 24.4. The van der Waals surface area contributed by atoms with Crippen molar-refractivity contribution in [2.45, 2.75) is 39.2 Å². The number of hydrogen-bond acceptors (Lipinski definition) is 3. The van der Waals surface area contributed by atoms with Crippen molar-refractivity contribution in [2.24, 2.45) is 5.92 Å². The molecule has 16 heavy (non-hydrogen) atoms. The molecule has 0 radical (unpaired) electrons. The van der Waals surface area contributed by atoms with Gasteiger partial charge in [-0.25, -0.2) is 4.98 Å². The quantitative estimate of drug-likeness (QED) is 0.850. The molecule has 1 aliphatic carbocycles. The minimum absolute atomic E-state index is 0.567. The Kier molecular flexibility index (Phi) is 3.32. The lowest BCUT2D eigenvalue weighted by molar-refractivity contribution is 0.398. The summed E-state index contributed by atoms with van der Waals surface area (Å²) in [5.74, 6) is 1.44. The van der Waals surface area contributed by atoms with E-state index in [1.54, 1.807) is 7.11 Å². The maximum absolute atomic E-state index is 5.27. The third kappa shape index (κ3) is 2.29. The summed E-state index contributed by atoms with van der Waals surface area (Å²) in [6.07, 6.45) is 5.72. The van der Waals surface area contributed by atoms with Crippen molar-refractivity contribution in [3.05, 3.63) is 17.8 Å². The highest BCUT2D eigenvalue weighted by Crippen LogP contribution is 2.31. The molecule has 1 aromatic heterocycles. The molecule has 88 valence electrons. The van der Waals surface area contributed by atoms with Gasteiger partial charge in [0.1, 0.15) is 0 Å². The molecule has 0 bridgehead atoms. The van der Waals surface area contributed by atoms with Gasteiger partial charge in [-0.3, -0.25) is 0 Å². The average Bonchev–Trinajstić information content (AvgIpc) is 2.65. The average molecular weight is 220 g/mol. The highest BCUT2D eigenvalue weighted by molar-refractivity contribution is 5.54. The smallest absolute Gasteiger partial charge is 0.237 e. The lowest BCUT2D eigenvalue weighted by atomic mass is 10.1. The van der Waals surface area contributed by atoms with Gasteiger partial charge in [0.2, 0.25) is 5.88 Å². The fraction of sp³-hybridized carbons (Fsp3) is 0.615. The van der Waals surface area contributed by atoms with Crippen molar-refractivity contribution in [2.75, 3.05) is 12.4 Å². The van der Waals surface area contributed by atoms with E-state index in [0.29, 0.717) is 11.9 Å². The van der Waals surface area contributed by atoms with Crippen LogP contribution in [0.2, 0.25) is 0 Å². The fourth-order valence-electron chi connectivity index (χ4n) is 2.38. The summed E-state index contributed by atoms with van der Waals surface area (Å²) in [4.78, 5) is 4.28. The molecule has 2 atom stereocenters. The molecule has 0 amide bonds. The molecule has 1 N–H and O–H groups in total. The van der Waals surface area contributed by atoms with Crippen LogP contribution >= 0.6 is 0 Å². The summed E-state index contributed by atoms with van der Waals surface area (Å²) < 4.78 is 5.27. The van der Waals surface area contributed by atoms with Crippen LogP contribution in [0.3, 0.4) is 0 Å². The van der Waals surface area contributed by atoms with Gasteiger partial charge < -0.3 is 10.1 Å². The molecule has 0 saturated heterocycles. The van der Waals surface area contributed by atoms with Gasteiger partial charge in [0.15, 0.2) is 0 Å². The predicted molar refractivity (Wildman–Crippen MR) is 66.0 cm³/mol. The van der Waals surface area contributed by atoms with Crippen LogP contribution in [0, 0.1) is 12.8 Å². The lowest BCUT2D eigenvalue weighted by Gasteiger charge is -2.20. The number of nitrogens with one attached hydrogen (secondary N) is 1. The van der Waals surface area contributed by atoms with Crippen molar-refractivity contribution in [3.63, 3.8) is 0 Å². The first-order valence-corrected chi connectivity index (χ1v) is 5.98. The van der Waals surface area contributed by atoms with Gasteiger partial charge in [-0.05, 0) is 37.3 Å². The SMILES string of the molecule is COc1ncc(C)cc1NC1CCCC1C. The second-order valence-corrected chi connectivity index (χ2v) is 4.73. The van der Waals surface area contributed by atoms with Crippen molar-refractivity contribution >= 4 is 5.69 Å². The second kappa shape index (κ2) is 4.73. The van der Waals surface area contributed by atoms with E-state index < -0.39 is 0 Å². The van der Waals surface area contributed by atoms with Crippen LogP contribution in [0.25, 0.3) is 0 Å². The summed E-state index contributed by atoms with van der Waals surface area (Å²) in [7, 11) is 1.67. The van der Waals surface area contributed by atoms with E-state index in [-0.39, 0.29) is 0 Å². The lowest BCUT2D eigenvalue weighted by Crippen LogP contribution is -2.22. The van der Waals surface area contributed by atoms with E-state index in [4.69, 9.17) is 4.74 Å². The third-order valence-electron chi connectivity index (χ3n) is 3.38. The van der Waals surface area contributed by atoms with E-state index >= 15 is 0 Å². The molecular weight excluding hydrogens is 200 g/mol. The number of rotatable bonds is 3. The number of hydrogen-bond donors (Lipinski definition) is 1. The monoisotopic (exact) mass is 220 g/mol. The first-order chi connectivity index (χ1) is 7.70. The molecule has 2 unspecified atom stereocenters. The first-order valence-electron chi connectivity index (χ1n) is 5.98. The molecule has 1 heterocycles. The van der Waals surface area contributed by atoms with Gasteiger partial charge in [0.05, 0.1) is 12.8 Å². The topological polar surface area (TPSA) is 34.1 Å². The van der Waals surface area contributed by atoms with Crippen LogP contribution in [0.15, 0.2) is 12.3 Å². The summed E-state index contributed by atoms with van der Waals surface area (Å²) in [5, 5.41) is 3.56. The molecular formula is C13H20N2O. The Morgan fingerprint density at radius 1 is 1.44 bits per heavy atom. The van der Waals surface area contributed by atoms with Gasteiger partial charge in [0, 0.05) is 12.2 Å². The van der Waals surface area contributed by atoms with E-state index in [1.807, 2.05) is 6.20 Å². The number of anilines is 1. The van der Waals surface area contributed by atoms with Gasteiger partial charge in [-0.1, -0.05) is 13.3 Å². The van der Waals surface area contributed by atoms with Crippen molar-refractivity contribution in [1.82, 2.24) is 4.98 Å². The second-order valence-electron chi connectivity index (χ2n) is 4.73. The van der Waals surface area contributed by atoms with E-state index in [2.05, 4.69) is 30.2 Å². The number of ether oxygens (including phenoxy) is 1. The Morgan fingerprint density at radius 2 is 2.25 bits per heavy atom. The molecule has 1 saturated carbocycles. The molecule has 1 aliphatic rings. The Morgan fingerprint density at radius 3 is 2.88 bits per heavy atom. The molecule has 0 spiro atoms.